The number of benzene rings is 1. The van der Waals surface area contributed by atoms with Gasteiger partial charge in [-0.05, 0) is 43.5 Å². The van der Waals surface area contributed by atoms with Gasteiger partial charge in [0.15, 0.2) is 0 Å². The minimum atomic E-state index is 0.289. The predicted octanol–water partition coefficient (Wildman–Crippen LogP) is 2.80. The van der Waals surface area contributed by atoms with Crippen molar-refractivity contribution in [3.63, 3.8) is 0 Å². The smallest absolute Gasteiger partial charge is 0.139 e. The second-order valence-electron chi connectivity index (χ2n) is 4.35. The molecule has 0 heterocycles. The summed E-state index contributed by atoms with van der Waals surface area (Å²) >= 11 is 0. The van der Waals surface area contributed by atoms with Gasteiger partial charge in [-0.25, -0.2) is 0 Å². The first-order valence-corrected chi connectivity index (χ1v) is 6.69. The molecule has 0 aromatic heterocycles. The molecule has 0 spiro atoms. The molecule has 1 aromatic rings. The lowest BCUT2D eigenvalue weighted by atomic mass is 10.2. The van der Waals surface area contributed by atoms with E-state index in [1.54, 1.807) is 0 Å². The van der Waals surface area contributed by atoms with Gasteiger partial charge in [0.25, 0.3) is 0 Å². The van der Waals surface area contributed by atoms with Crippen LogP contribution in [0.3, 0.4) is 0 Å². The van der Waals surface area contributed by atoms with Crippen molar-refractivity contribution in [3.05, 3.63) is 24.3 Å². The largest absolute Gasteiger partial charge is 0.494 e. The zero-order chi connectivity index (χ0) is 13.9. The molecule has 0 aliphatic heterocycles. The van der Waals surface area contributed by atoms with Crippen LogP contribution in [0.5, 0.6) is 5.75 Å². The number of anilines is 1. The van der Waals surface area contributed by atoms with E-state index in [1.807, 2.05) is 24.3 Å². The molecule has 0 radical (unpaired) electrons. The molecule has 0 unspecified atom stereocenters. The molecule has 0 amide bonds. The molecule has 0 aliphatic carbocycles. The van der Waals surface area contributed by atoms with Crippen LogP contribution in [0.2, 0.25) is 0 Å². The number of nitrogens with zero attached hydrogens (tertiary/aromatic N) is 1. The molecular weight excluding hydrogens is 242 g/mol. The zero-order valence-corrected chi connectivity index (χ0v) is 11.4. The number of nitrogens with one attached hydrogen (secondary N) is 1. The summed E-state index contributed by atoms with van der Waals surface area (Å²) in [6, 6.07) is 7.95. The average Bonchev–Trinajstić information content (AvgIpc) is 2.45. The van der Waals surface area contributed by atoms with Crippen molar-refractivity contribution < 1.29 is 9.94 Å². The summed E-state index contributed by atoms with van der Waals surface area (Å²) in [5, 5.41) is 14.7. The van der Waals surface area contributed by atoms with E-state index >= 15 is 0 Å². The lowest BCUT2D eigenvalue weighted by Gasteiger charge is -2.08. The number of amidine groups is 1. The maximum absolute atomic E-state index is 8.39. The maximum Gasteiger partial charge on any atom is 0.139 e. The van der Waals surface area contributed by atoms with Gasteiger partial charge in [0.2, 0.25) is 0 Å². The Morgan fingerprint density at radius 3 is 2.68 bits per heavy atom. The first-order valence-electron chi connectivity index (χ1n) is 6.69. The maximum atomic E-state index is 8.39. The summed E-state index contributed by atoms with van der Waals surface area (Å²) in [4.78, 5) is 0. The van der Waals surface area contributed by atoms with E-state index in [0.29, 0.717) is 6.42 Å². The monoisotopic (exact) mass is 265 g/mol. The number of ether oxygens (including phenoxy) is 1. The third-order valence-electron chi connectivity index (χ3n) is 2.64. The number of nitrogens with two attached hydrogens (primary N) is 1. The van der Waals surface area contributed by atoms with Crippen LogP contribution in [-0.2, 0) is 0 Å². The van der Waals surface area contributed by atoms with Crippen LogP contribution in [-0.4, -0.2) is 24.2 Å². The molecule has 0 saturated carbocycles. The second kappa shape index (κ2) is 9.08. The molecule has 4 N–H and O–H groups in total. The number of rotatable bonds is 9. The Kier molecular flexibility index (Phi) is 7.24. The van der Waals surface area contributed by atoms with Crippen molar-refractivity contribution in [3.8, 4) is 5.75 Å². The minimum absolute atomic E-state index is 0.289. The molecule has 19 heavy (non-hydrogen) atoms. The first kappa shape index (κ1) is 15.1. The van der Waals surface area contributed by atoms with Crippen molar-refractivity contribution in [2.24, 2.45) is 10.9 Å². The third kappa shape index (κ3) is 6.55. The van der Waals surface area contributed by atoms with Crippen molar-refractivity contribution in [2.75, 3.05) is 18.5 Å². The summed E-state index contributed by atoms with van der Waals surface area (Å²) in [6.45, 7) is 3.71. The lowest BCUT2D eigenvalue weighted by Crippen LogP contribution is -2.11. The number of hydrogen-bond donors (Lipinski definition) is 3. The van der Waals surface area contributed by atoms with E-state index in [1.165, 1.54) is 0 Å². The van der Waals surface area contributed by atoms with Crippen LogP contribution in [0.25, 0.3) is 0 Å². The summed E-state index contributed by atoms with van der Waals surface area (Å²) < 4.78 is 5.51. The fraction of sp³-hybridized carbons (Fsp3) is 0.500. The Labute approximate surface area is 114 Å². The van der Waals surface area contributed by atoms with Gasteiger partial charge in [0.05, 0.1) is 6.61 Å². The van der Waals surface area contributed by atoms with Crippen LogP contribution in [0.1, 0.15) is 32.6 Å². The van der Waals surface area contributed by atoms with Gasteiger partial charge < -0.3 is 21.0 Å². The van der Waals surface area contributed by atoms with E-state index in [2.05, 4.69) is 17.4 Å². The average molecular weight is 265 g/mol. The standard InChI is InChI=1S/C14H23N3O2/c1-2-11-19-13-8-6-12(7-9-13)16-10-4-3-5-14(15)17-18/h6-9,16,18H,2-5,10-11H2,1H3,(H2,15,17). The highest BCUT2D eigenvalue weighted by Crippen LogP contribution is 2.15. The van der Waals surface area contributed by atoms with E-state index in [9.17, 15) is 0 Å². The summed E-state index contributed by atoms with van der Waals surface area (Å²) in [6.07, 6.45) is 3.52. The highest BCUT2D eigenvalue weighted by Gasteiger charge is 1.96. The SMILES string of the molecule is CCCOc1ccc(NCCCCC(N)=NO)cc1. The molecule has 0 aliphatic rings. The number of hydrogen-bond acceptors (Lipinski definition) is 4. The summed E-state index contributed by atoms with van der Waals surface area (Å²) in [5.74, 6) is 1.19. The molecule has 106 valence electrons. The molecule has 5 heteroatoms. The quantitative estimate of drug-likeness (QED) is 0.211. The molecule has 0 atom stereocenters. The van der Waals surface area contributed by atoms with E-state index < -0.39 is 0 Å². The van der Waals surface area contributed by atoms with Gasteiger partial charge in [-0.3, -0.25) is 0 Å². The Morgan fingerprint density at radius 1 is 1.32 bits per heavy atom. The lowest BCUT2D eigenvalue weighted by molar-refractivity contribution is 0.316. The molecule has 0 fully saturated rings. The van der Waals surface area contributed by atoms with Crippen LogP contribution >= 0.6 is 0 Å². The summed E-state index contributed by atoms with van der Waals surface area (Å²) in [5.41, 5.74) is 6.47. The Balaban J connectivity index is 2.19. The van der Waals surface area contributed by atoms with Crippen LogP contribution in [0.4, 0.5) is 5.69 Å². The topological polar surface area (TPSA) is 79.9 Å². The van der Waals surface area contributed by atoms with Gasteiger partial charge in [0, 0.05) is 18.7 Å². The zero-order valence-electron chi connectivity index (χ0n) is 11.4. The van der Waals surface area contributed by atoms with E-state index in [0.717, 1.165) is 43.9 Å². The summed E-state index contributed by atoms with van der Waals surface area (Å²) in [7, 11) is 0. The van der Waals surface area contributed by atoms with Crippen molar-refractivity contribution in [2.45, 2.75) is 32.6 Å². The van der Waals surface area contributed by atoms with Crippen molar-refractivity contribution in [1.82, 2.24) is 0 Å². The van der Waals surface area contributed by atoms with E-state index in [-0.39, 0.29) is 5.84 Å². The van der Waals surface area contributed by atoms with Gasteiger partial charge in [-0.15, -0.1) is 0 Å². The van der Waals surface area contributed by atoms with Crippen molar-refractivity contribution >= 4 is 11.5 Å². The fourth-order valence-corrected chi connectivity index (χ4v) is 1.60. The fourth-order valence-electron chi connectivity index (χ4n) is 1.60. The van der Waals surface area contributed by atoms with Crippen LogP contribution in [0.15, 0.2) is 29.4 Å². The molecule has 1 aromatic carbocycles. The normalized spacial score (nSPS) is 11.3. The van der Waals surface area contributed by atoms with Gasteiger partial charge in [0.1, 0.15) is 11.6 Å². The third-order valence-corrected chi connectivity index (χ3v) is 2.64. The minimum Gasteiger partial charge on any atom is -0.494 e. The highest BCUT2D eigenvalue weighted by atomic mass is 16.5. The first-order chi connectivity index (χ1) is 9.26. The Hall–Kier alpha value is -1.91. The number of unbranched alkanes of at least 4 members (excludes halogenated alkanes) is 1. The second-order valence-corrected chi connectivity index (χ2v) is 4.35. The Bertz CT molecular complexity index is 377. The van der Waals surface area contributed by atoms with Crippen LogP contribution in [0, 0.1) is 0 Å². The highest BCUT2D eigenvalue weighted by molar-refractivity contribution is 5.79. The Morgan fingerprint density at radius 2 is 2.05 bits per heavy atom. The molecule has 5 nitrogen and oxygen atoms in total. The van der Waals surface area contributed by atoms with Crippen molar-refractivity contribution in [1.29, 1.82) is 0 Å². The molecule has 0 saturated heterocycles. The predicted molar refractivity (Wildman–Crippen MR) is 78.0 cm³/mol. The van der Waals surface area contributed by atoms with Gasteiger partial charge >= 0.3 is 0 Å². The van der Waals surface area contributed by atoms with E-state index in [4.69, 9.17) is 15.7 Å². The molecular formula is C14H23N3O2. The molecule has 0 bridgehead atoms. The van der Waals surface area contributed by atoms with Gasteiger partial charge in [-0.1, -0.05) is 12.1 Å². The van der Waals surface area contributed by atoms with Gasteiger partial charge in [-0.2, -0.15) is 0 Å². The molecule has 1 rings (SSSR count). The van der Waals surface area contributed by atoms with Crippen LogP contribution < -0.4 is 15.8 Å². The number of oxime groups is 1.